The van der Waals surface area contributed by atoms with E-state index in [4.69, 9.17) is 5.73 Å². The zero-order valence-corrected chi connectivity index (χ0v) is 12.7. The summed E-state index contributed by atoms with van der Waals surface area (Å²) in [6.45, 7) is 13.5. The fourth-order valence-electron chi connectivity index (χ4n) is 2.13. The molecule has 0 spiro atoms. The van der Waals surface area contributed by atoms with Crippen LogP contribution in [0.3, 0.4) is 0 Å². The molecule has 0 aliphatic rings. The van der Waals surface area contributed by atoms with Crippen molar-refractivity contribution in [3.8, 4) is 0 Å². The van der Waals surface area contributed by atoms with Gasteiger partial charge in [-0.15, -0.1) is 0 Å². The third-order valence-electron chi connectivity index (χ3n) is 2.75. The molecule has 3 nitrogen and oxygen atoms in total. The van der Waals surface area contributed by atoms with Gasteiger partial charge in [0.2, 0.25) is 0 Å². The minimum Gasteiger partial charge on any atom is -0.327 e. The number of hydrogen-bond donors (Lipinski definition) is 1. The van der Waals surface area contributed by atoms with E-state index in [0.29, 0.717) is 17.9 Å². The Hall–Kier alpha value is -0.120. The highest BCUT2D eigenvalue weighted by Gasteiger charge is 2.13. The van der Waals surface area contributed by atoms with Crippen molar-refractivity contribution in [1.82, 2.24) is 9.80 Å². The Kier molecular flexibility index (Phi) is 8.83. The van der Waals surface area contributed by atoms with Gasteiger partial charge in [-0.2, -0.15) is 0 Å². The highest BCUT2D eigenvalue weighted by atomic mass is 15.2. The van der Waals surface area contributed by atoms with Crippen LogP contribution in [0.2, 0.25) is 0 Å². The first-order valence-corrected chi connectivity index (χ1v) is 6.94. The Labute approximate surface area is 108 Å². The van der Waals surface area contributed by atoms with Crippen LogP contribution in [0.25, 0.3) is 0 Å². The second-order valence-corrected chi connectivity index (χ2v) is 6.35. The van der Waals surface area contributed by atoms with Crippen LogP contribution in [0.5, 0.6) is 0 Å². The number of likely N-dealkylation sites (N-methyl/N-ethyl adjacent to an activating group) is 1. The first-order valence-electron chi connectivity index (χ1n) is 6.94. The Morgan fingerprint density at radius 3 is 1.88 bits per heavy atom. The van der Waals surface area contributed by atoms with Crippen LogP contribution in [-0.4, -0.2) is 56.1 Å². The first-order chi connectivity index (χ1) is 7.81. The fourth-order valence-corrected chi connectivity index (χ4v) is 2.13. The Morgan fingerprint density at radius 2 is 1.47 bits per heavy atom. The molecule has 2 N–H and O–H groups in total. The molecule has 0 amide bonds. The second kappa shape index (κ2) is 8.90. The summed E-state index contributed by atoms with van der Waals surface area (Å²) in [5.41, 5.74) is 6.20. The zero-order chi connectivity index (χ0) is 13.4. The van der Waals surface area contributed by atoms with E-state index in [2.05, 4.69) is 51.6 Å². The molecule has 0 fully saturated rings. The predicted molar refractivity (Wildman–Crippen MR) is 77.3 cm³/mol. The summed E-state index contributed by atoms with van der Waals surface area (Å²) in [7, 11) is 4.25. The summed E-state index contributed by atoms with van der Waals surface area (Å²) in [6, 6.07) is 0.316. The highest BCUT2D eigenvalue weighted by molar-refractivity contribution is 4.71. The lowest BCUT2D eigenvalue weighted by Crippen LogP contribution is -2.42. The summed E-state index contributed by atoms with van der Waals surface area (Å²) >= 11 is 0. The van der Waals surface area contributed by atoms with Gasteiger partial charge in [0, 0.05) is 32.2 Å². The largest absolute Gasteiger partial charge is 0.327 e. The third-order valence-corrected chi connectivity index (χ3v) is 2.75. The van der Waals surface area contributed by atoms with Gasteiger partial charge < -0.3 is 15.5 Å². The SMILES string of the molecule is CC(C)CC(N)CN(CCN(C)C)CC(C)C. The number of nitrogens with zero attached hydrogens (tertiary/aromatic N) is 2. The van der Waals surface area contributed by atoms with Crippen LogP contribution >= 0.6 is 0 Å². The lowest BCUT2D eigenvalue weighted by molar-refractivity contribution is 0.201. The topological polar surface area (TPSA) is 32.5 Å². The third kappa shape index (κ3) is 10.7. The predicted octanol–water partition coefficient (Wildman–Crippen LogP) is 1.88. The molecule has 0 aromatic heterocycles. The monoisotopic (exact) mass is 243 g/mol. The van der Waals surface area contributed by atoms with Crippen molar-refractivity contribution in [1.29, 1.82) is 0 Å². The van der Waals surface area contributed by atoms with Crippen LogP contribution in [-0.2, 0) is 0 Å². The number of rotatable bonds is 9. The average molecular weight is 243 g/mol. The standard InChI is InChI=1S/C14H33N3/c1-12(2)9-14(15)11-17(10-13(3)4)8-7-16(5)6/h12-14H,7-11,15H2,1-6H3. The van der Waals surface area contributed by atoms with Crippen molar-refractivity contribution in [2.45, 2.75) is 40.2 Å². The van der Waals surface area contributed by atoms with Crippen molar-refractivity contribution >= 4 is 0 Å². The minimum atomic E-state index is 0.316. The minimum absolute atomic E-state index is 0.316. The van der Waals surface area contributed by atoms with E-state index in [9.17, 15) is 0 Å². The van der Waals surface area contributed by atoms with Gasteiger partial charge in [-0.25, -0.2) is 0 Å². The molecule has 0 saturated heterocycles. The molecule has 3 heteroatoms. The van der Waals surface area contributed by atoms with Crippen molar-refractivity contribution < 1.29 is 0 Å². The summed E-state index contributed by atoms with van der Waals surface area (Å²) < 4.78 is 0. The van der Waals surface area contributed by atoms with Crippen LogP contribution < -0.4 is 5.73 Å². The summed E-state index contributed by atoms with van der Waals surface area (Å²) in [5.74, 6) is 1.41. The summed E-state index contributed by atoms with van der Waals surface area (Å²) in [4.78, 5) is 4.75. The Bertz CT molecular complexity index is 178. The molecule has 0 aliphatic carbocycles. The molecule has 0 aromatic rings. The van der Waals surface area contributed by atoms with Gasteiger partial charge in [0.25, 0.3) is 0 Å². The zero-order valence-electron chi connectivity index (χ0n) is 12.7. The Balaban J connectivity index is 4.07. The average Bonchev–Trinajstić information content (AvgIpc) is 2.11. The van der Waals surface area contributed by atoms with Crippen LogP contribution in [0.15, 0.2) is 0 Å². The molecule has 0 radical (unpaired) electrons. The van der Waals surface area contributed by atoms with Gasteiger partial charge in [-0.3, -0.25) is 0 Å². The number of nitrogens with two attached hydrogens (primary N) is 1. The van der Waals surface area contributed by atoms with Crippen molar-refractivity contribution in [3.63, 3.8) is 0 Å². The van der Waals surface area contributed by atoms with Crippen molar-refractivity contribution in [2.24, 2.45) is 17.6 Å². The molecule has 0 rings (SSSR count). The fraction of sp³-hybridized carbons (Fsp3) is 1.00. The lowest BCUT2D eigenvalue weighted by Gasteiger charge is -2.29. The summed E-state index contributed by atoms with van der Waals surface area (Å²) in [5, 5.41) is 0. The van der Waals surface area contributed by atoms with Crippen molar-refractivity contribution in [2.75, 3.05) is 40.3 Å². The molecule has 1 atom stereocenters. The maximum Gasteiger partial charge on any atom is 0.0170 e. The van der Waals surface area contributed by atoms with E-state index < -0.39 is 0 Å². The number of hydrogen-bond acceptors (Lipinski definition) is 3. The van der Waals surface area contributed by atoms with Gasteiger partial charge in [-0.05, 0) is 32.4 Å². The van der Waals surface area contributed by atoms with Gasteiger partial charge in [0.05, 0.1) is 0 Å². The van der Waals surface area contributed by atoms with E-state index in [1.54, 1.807) is 0 Å². The van der Waals surface area contributed by atoms with E-state index in [-0.39, 0.29) is 0 Å². The maximum atomic E-state index is 6.20. The first kappa shape index (κ1) is 16.9. The summed E-state index contributed by atoms with van der Waals surface area (Å²) in [6.07, 6.45) is 1.12. The molecule has 0 aromatic carbocycles. The maximum absolute atomic E-state index is 6.20. The lowest BCUT2D eigenvalue weighted by atomic mass is 10.0. The molecule has 0 saturated carbocycles. The van der Waals surface area contributed by atoms with E-state index in [0.717, 1.165) is 32.6 Å². The molecule has 0 heterocycles. The van der Waals surface area contributed by atoms with Crippen LogP contribution in [0, 0.1) is 11.8 Å². The van der Waals surface area contributed by atoms with Gasteiger partial charge in [-0.1, -0.05) is 27.7 Å². The Morgan fingerprint density at radius 1 is 0.882 bits per heavy atom. The van der Waals surface area contributed by atoms with Crippen LogP contribution in [0.1, 0.15) is 34.1 Å². The van der Waals surface area contributed by atoms with Gasteiger partial charge >= 0.3 is 0 Å². The van der Waals surface area contributed by atoms with E-state index in [1.165, 1.54) is 0 Å². The normalized spacial score (nSPS) is 14.3. The second-order valence-electron chi connectivity index (χ2n) is 6.35. The van der Waals surface area contributed by atoms with Crippen LogP contribution in [0.4, 0.5) is 0 Å². The molecule has 104 valence electrons. The molecular weight excluding hydrogens is 210 g/mol. The molecule has 0 bridgehead atoms. The smallest absolute Gasteiger partial charge is 0.0170 e. The van der Waals surface area contributed by atoms with Gasteiger partial charge in [0.1, 0.15) is 0 Å². The molecular formula is C14H33N3. The van der Waals surface area contributed by atoms with E-state index in [1.807, 2.05) is 0 Å². The quantitative estimate of drug-likeness (QED) is 0.671. The molecule has 0 aliphatic heterocycles. The van der Waals surface area contributed by atoms with Gasteiger partial charge in [0.15, 0.2) is 0 Å². The highest BCUT2D eigenvalue weighted by Crippen LogP contribution is 2.06. The van der Waals surface area contributed by atoms with E-state index >= 15 is 0 Å². The molecule has 17 heavy (non-hydrogen) atoms. The van der Waals surface area contributed by atoms with Crippen molar-refractivity contribution in [3.05, 3.63) is 0 Å². The molecule has 1 unspecified atom stereocenters.